The molecule has 0 unspecified atom stereocenters. The van der Waals surface area contributed by atoms with Gasteiger partial charge in [0.05, 0.1) is 17.8 Å². The molecule has 1 aromatic rings. The highest BCUT2D eigenvalue weighted by molar-refractivity contribution is 5.88. The minimum atomic E-state index is -1.50. The summed E-state index contributed by atoms with van der Waals surface area (Å²) in [6.45, 7) is 2.48. The Hall–Kier alpha value is -2.09. The van der Waals surface area contributed by atoms with Crippen LogP contribution in [0.25, 0.3) is 0 Å². The average molecular weight is 253 g/mol. The number of rotatable bonds is 5. The van der Waals surface area contributed by atoms with Crippen LogP contribution < -0.4 is 4.90 Å². The molecule has 0 radical (unpaired) electrons. The molecule has 0 heterocycles. The molecule has 3 nitrogen and oxygen atoms in total. The molecule has 1 N–H and O–H groups in total. The van der Waals surface area contributed by atoms with Gasteiger partial charge in [0.2, 0.25) is 0 Å². The Morgan fingerprint density at radius 3 is 2.61 bits per heavy atom. The van der Waals surface area contributed by atoms with Gasteiger partial charge in [-0.05, 0) is 18.6 Å². The zero-order valence-electron chi connectivity index (χ0n) is 9.91. The Balaban J connectivity index is 3.21. The van der Waals surface area contributed by atoms with Gasteiger partial charge >= 0.3 is 5.97 Å². The van der Waals surface area contributed by atoms with Crippen LogP contribution in [0.15, 0.2) is 12.1 Å². The van der Waals surface area contributed by atoms with Crippen LogP contribution in [0.5, 0.6) is 0 Å². The van der Waals surface area contributed by atoms with Crippen LogP contribution in [0.2, 0.25) is 0 Å². The molecular weight excluding hydrogens is 240 g/mol. The summed E-state index contributed by atoms with van der Waals surface area (Å²) in [6, 6.07) is 2.27. The molecule has 1 rings (SSSR count). The van der Waals surface area contributed by atoms with E-state index in [1.165, 1.54) is 11.0 Å². The van der Waals surface area contributed by atoms with Gasteiger partial charge in [-0.1, -0.05) is 12.8 Å². The first-order valence-electron chi connectivity index (χ1n) is 5.42. The SMILES string of the molecule is C#CCN(CCC)c1ccc(C(=O)O)c(F)c1F. The Bertz CT molecular complexity index is 494. The summed E-state index contributed by atoms with van der Waals surface area (Å²) >= 11 is 0. The van der Waals surface area contributed by atoms with Gasteiger partial charge in [0.1, 0.15) is 0 Å². The molecule has 0 saturated carbocycles. The predicted octanol–water partition coefficient (Wildman–Crippen LogP) is 2.51. The fourth-order valence-electron chi connectivity index (χ4n) is 1.61. The predicted molar refractivity (Wildman–Crippen MR) is 64.7 cm³/mol. The van der Waals surface area contributed by atoms with Crippen molar-refractivity contribution >= 4 is 11.7 Å². The molecule has 0 amide bonds. The molecular formula is C13H13F2NO2. The number of aromatic carboxylic acids is 1. The van der Waals surface area contributed by atoms with Crippen LogP contribution in [0, 0.1) is 24.0 Å². The molecule has 18 heavy (non-hydrogen) atoms. The summed E-state index contributed by atoms with van der Waals surface area (Å²) in [4.78, 5) is 12.1. The number of nitrogens with zero attached hydrogens (tertiary/aromatic N) is 1. The molecule has 0 fully saturated rings. The maximum atomic E-state index is 13.8. The van der Waals surface area contributed by atoms with E-state index in [2.05, 4.69) is 5.92 Å². The van der Waals surface area contributed by atoms with Crippen LogP contribution in [-0.4, -0.2) is 24.2 Å². The summed E-state index contributed by atoms with van der Waals surface area (Å²) in [7, 11) is 0. The number of halogens is 2. The summed E-state index contributed by atoms with van der Waals surface area (Å²) in [5.74, 6) is -1.69. The molecule has 0 spiro atoms. The standard InChI is InChI=1S/C13H13F2NO2/c1-3-7-16(8-4-2)10-6-5-9(13(17)18)11(14)12(10)15/h1,5-6H,4,7-8H2,2H3,(H,17,18). The summed E-state index contributed by atoms with van der Waals surface area (Å²) < 4.78 is 27.3. The van der Waals surface area contributed by atoms with Crippen molar-refractivity contribution in [3.63, 3.8) is 0 Å². The van der Waals surface area contributed by atoms with E-state index in [1.807, 2.05) is 6.92 Å². The summed E-state index contributed by atoms with van der Waals surface area (Å²) in [6.07, 6.45) is 5.87. The van der Waals surface area contributed by atoms with E-state index in [-0.39, 0.29) is 12.2 Å². The molecule has 96 valence electrons. The van der Waals surface area contributed by atoms with Crippen LogP contribution in [-0.2, 0) is 0 Å². The van der Waals surface area contributed by atoms with Gasteiger partial charge in [0.15, 0.2) is 11.6 Å². The lowest BCUT2D eigenvalue weighted by atomic mass is 10.1. The van der Waals surface area contributed by atoms with Crippen molar-refractivity contribution < 1.29 is 18.7 Å². The molecule has 0 saturated heterocycles. The largest absolute Gasteiger partial charge is 0.478 e. The lowest BCUT2D eigenvalue weighted by Gasteiger charge is -2.22. The lowest BCUT2D eigenvalue weighted by molar-refractivity contribution is 0.0690. The number of hydrogen-bond acceptors (Lipinski definition) is 2. The maximum Gasteiger partial charge on any atom is 0.338 e. The van der Waals surface area contributed by atoms with Crippen molar-refractivity contribution in [1.82, 2.24) is 0 Å². The number of hydrogen-bond donors (Lipinski definition) is 1. The highest BCUT2D eigenvalue weighted by Crippen LogP contribution is 2.24. The van der Waals surface area contributed by atoms with Gasteiger partial charge in [-0.3, -0.25) is 0 Å². The van der Waals surface area contributed by atoms with Crippen molar-refractivity contribution in [2.24, 2.45) is 0 Å². The van der Waals surface area contributed by atoms with E-state index in [1.54, 1.807) is 0 Å². The van der Waals surface area contributed by atoms with Crippen LogP contribution in [0.4, 0.5) is 14.5 Å². The minimum absolute atomic E-state index is 0.0164. The summed E-state index contributed by atoms with van der Waals surface area (Å²) in [5, 5.41) is 8.67. The number of terminal acetylenes is 1. The third-order valence-electron chi connectivity index (χ3n) is 2.41. The number of carboxylic acid groups (broad SMARTS) is 1. The zero-order chi connectivity index (χ0) is 13.7. The number of anilines is 1. The van der Waals surface area contributed by atoms with Crippen molar-refractivity contribution in [1.29, 1.82) is 0 Å². The molecule has 0 bridgehead atoms. The minimum Gasteiger partial charge on any atom is -0.478 e. The van der Waals surface area contributed by atoms with E-state index in [4.69, 9.17) is 11.5 Å². The highest BCUT2D eigenvalue weighted by Gasteiger charge is 2.20. The lowest BCUT2D eigenvalue weighted by Crippen LogP contribution is -2.26. The first-order valence-corrected chi connectivity index (χ1v) is 5.42. The van der Waals surface area contributed by atoms with E-state index in [0.29, 0.717) is 13.0 Å². The average Bonchev–Trinajstić information content (AvgIpc) is 2.32. The van der Waals surface area contributed by atoms with Crippen LogP contribution in [0.1, 0.15) is 23.7 Å². The second-order valence-corrected chi connectivity index (χ2v) is 3.69. The van der Waals surface area contributed by atoms with Gasteiger partial charge in [0, 0.05) is 6.54 Å². The second-order valence-electron chi connectivity index (χ2n) is 3.69. The Kier molecular flexibility index (Phi) is 4.67. The number of carboxylic acids is 1. The molecule has 0 aliphatic rings. The molecule has 5 heteroatoms. The van der Waals surface area contributed by atoms with E-state index in [9.17, 15) is 13.6 Å². The normalized spacial score (nSPS) is 9.89. The fourth-order valence-corrected chi connectivity index (χ4v) is 1.61. The third-order valence-corrected chi connectivity index (χ3v) is 2.41. The monoisotopic (exact) mass is 253 g/mol. The van der Waals surface area contributed by atoms with Gasteiger partial charge in [-0.25, -0.2) is 13.6 Å². The third kappa shape index (κ3) is 2.77. The number of carbonyl (C=O) groups is 1. The fraction of sp³-hybridized carbons (Fsp3) is 0.308. The first-order chi connectivity index (χ1) is 8.52. The van der Waals surface area contributed by atoms with E-state index in [0.717, 1.165) is 6.07 Å². The van der Waals surface area contributed by atoms with Gasteiger partial charge < -0.3 is 10.0 Å². The van der Waals surface area contributed by atoms with E-state index >= 15 is 0 Å². The molecule has 0 aromatic heterocycles. The molecule has 0 aliphatic heterocycles. The molecule has 1 aromatic carbocycles. The zero-order valence-corrected chi connectivity index (χ0v) is 9.91. The maximum absolute atomic E-state index is 13.8. The van der Waals surface area contributed by atoms with Crippen molar-refractivity contribution in [3.05, 3.63) is 29.3 Å². The Morgan fingerprint density at radius 2 is 2.11 bits per heavy atom. The first kappa shape index (κ1) is 14.0. The second kappa shape index (κ2) is 6.01. The molecule has 0 aliphatic carbocycles. The highest BCUT2D eigenvalue weighted by atomic mass is 19.2. The van der Waals surface area contributed by atoms with Crippen LogP contribution >= 0.6 is 0 Å². The van der Waals surface area contributed by atoms with Gasteiger partial charge in [-0.15, -0.1) is 6.42 Å². The van der Waals surface area contributed by atoms with Crippen molar-refractivity contribution in [3.8, 4) is 12.3 Å². The number of benzene rings is 1. The van der Waals surface area contributed by atoms with E-state index < -0.39 is 23.2 Å². The topological polar surface area (TPSA) is 40.5 Å². The Morgan fingerprint density at radius 1 is 1.44 bits per heavy atom. The Labute approximate surface area is 104 Å². The van der Waals surface area contributed by atoms with Crippen molar-refractivity contribution in [2.75, 3.05) is 18.0 Å². The molecule has 0 atom stereocenters. The quantitative estimate of drug-likeness (QED) is 0.820. The van der Waals surface area contributed by atoms with Crippen molar-refractivity contribution in [2.45, 2.75) is 13.3 Å². The van der Waals surface area contributed by atoms with Gasteiger partial charge in [-0.2, -0.15) is 0 Å². The summed E-state index contributed by atoms with van der Waals surface area (Å²) in [5.41, 5.74) is -0.703. The van der Waals surface area contributed by atoms with Gasteiger partial charge in [0.25, 0.3) is 0 Å². The smallest absolute Gasteiger partial charge is 0.338 e. The van der Waals surface area contributed by atoms with Crippen LogP contribution in [0.3, 0.4) is 0 Å².